The van der Waals surface area contributed by atoms with Crippen molar-refractivity contribution in [2.75, 3.05) is 5.43 Å². The maximum Gasteiger partial charge on any atom is 0.203 e. The van der Waals surface area contributed by atoms with Crippen LogP contribution in [0.15, 0.2) is 63.5 Å². The summed E-state index contributed by atoms with van der Waals surface area (Å²) in [4.78, 5) is 4.47. The second kappa shape index (κ2) is 8.24. The Morgan fingerprint density at radius 3 is 2.74 bits per heavy atom. The number of nitrogens with one attached hydrogen (secondary N) is 1. The highest BCUT2D eigenvalue weighted by Crippen LogP contribution is 2.25. The van der Waals surface area contributed by atoms with Crippen molar-refractivity contribution in [3.8, 4) is 17.0 Å². The SMILES string of the molecule is Br.Oc1ccc(Br)cc1C=NNc1nc(-c2ccccc2)cs1. The molecule has 2 aromatic carbocycles. The number of aromatic nitrogens is 1. The number of hydrazone groups is 1. The molecule has 7 heteroatoms. The van der Waals surface area contributed by atoms with Crippen LogP contribution >= 0.6 is 44.2 Å². The van der Waals surface area contributed by atoms with Gasteiger partial charge in [-0.25, -0.2) is 4.98 Å². The van der Waals surface area contributed by atoms with Crippen LogP contribution in [0, 0.1) is 0 Å². The monoisotopic (exact) mass is 453 g/mol. The zero-order valence-electron chi connectivity index (χ0n) is 11.8. The summed E-state index contributed by atoms with van der Waals surface area (Å²) in [6.07, 6.45) is 1.56. The van der Waals surface area contributed by atoms with Crippen LogP contribution in [0.5, 0.6) is 5.75 Å². The molecule has 0 amide bonds. The largest absolute Gasteiger partial charge is 0.507 e. The lowest BCUT2D eigenvalue weighted by atomic mass is 10.2. The summed E-state index contributed by atoms with van der Waals surface area (Å²) >= 11 is 4.84. The van der Waals surface area contributed by atoms with Crippen molar-refractivity contribution >= 4 is 55.6 Å². The topological polar surface area (TPSA) is 57.5 Å². The van der Waals surface area contributed by atoms with E-state index in [0.29, 0.717) is 10.7 Å². The van der Waals surface area contributed by atoms with Crippen LogP contribution < -0.4 is 5.43 Å². The number of aromatic hydroxyl groups is 1. The normalized spacial score (nSPS) is 10.5. The average molecular weight is 455 g/mol. The number of anilines is 1. The number of hydrogen-bond acceptors (Lipinski definition) is 5. The standard InChI is InChI=1S/C16H12BrN3OS.BrH/c17-13-6-7-15(21)12(8-13)9-18-20-16-19-14(10-22-16)11-4-2-1-3-5-11;/h1-10,21H,(H,19,20);1H. The lowest BCUT2D eigenvalue weighted by Gasteiger charge is -1.99. The van der Waals surface area contributed by atoms with Gasteiger partial charge in [0.2, 0.25) is 5.13 Å². The van der Waals surface area contributed by atoms with E-state index in [2.05, 4.69) is 31.4 Å². The van der Waals surface area contributed by atoms with Crippen LogP contribution in [0.25, 0.3) is 11.3 Å². The zero-order chi connectivity index (χ0) is 15.4. The Bertz CT molecular complexity index is 806. The minimum absolute atomic E-state index is 0. The molecule has 1 heterocycles. The first-order valence-corrected chi connectivity index (χ1v) is 8.18. The van der Waals surface area contributed by atoms with E-state index in [4.69, 9.17) is 0 Å². The van der Waals surface area contributed by atoms with Crippen molar-refractivity contribution in [1.82, 2.24) is 4.98 Å². The molecule has 0 saturated heterocycles. The van der Waals surface area contributed by atoms with Gasteiger partial charge in [0.25, 0.3) is 0 Å². The molecule has 3 rings (SSSR count). The molecule has 0 fully saturated rings. The number of hydrogen-bond donors (Lipinski definition) is 2. The molecule has 0 radical (unpaired) electrons. The lowest BCUT2D eigenvalue weighted by Crippen LogP contribution is -1.90. The predicted octanol–water partition coefficient (Wildman–Crippen LogP) is 5.30. The Hall–Kier alpha value is -1.70. The van der Waals surface area contributed by atoms with Gasteiger partial charge in [0.15, 0.2) is 0 Å². The van der Waals surface area contributed by atoms with Crippen molar-refractivity contribution in [2.24, 2.45) is 5.10 Å². The van der Waals surface area contributed by atoms with Gasteiger partial charge >= 0.3 is 0 Å². The second-order valence-electron chi connectivity index (χ2n) is 4.48. The van der Waals surface area contributed by atoms with Gasteiger partial charge in [-0.1, -0.05) is 46.3 Å². The molecule has 0 bridgehead atoms. The Morgan fingerprint density at radius 1 is 1.17 bits per heavy atom. The zero-order valence-corrected chi connectivity index (χ0v) is 15.9. The average Bonchev–Trinajstić information content (AvgIpc) is 3.00. The number of halogens is 2. The molecular formula is C16H13Br2N3OS. The fraction of sp³-hybridized carbons (Fsp3) is 0. The highest BCUT2D eigenvalue weighted by Gasteiger charge is 2.03. The predicted molar refractivity (Wildman–Crippen MR) is 105 cm³/mol. The number of phenols is 1. The first-order valence-electron chi connectivity index (χ1n) is 6.51. The number of benzene rings is 2. The number of thiazole rings is 1. The lowest BCUT2D eigenvalue weighted by molar-refractivity contribution is 0.474. The number of nitrogens with zero attached hydrogens (tertiary/aromatic N) is 2. The minimum atomic E-state index is 0. The van der Waals surface area contributed by atoms with Gasteiger partial charge in [-0.3, -0.25) is 5.43 Å². The van der Waals surface area contributed by atoms with E-state index >= 15 is 0 Å². The summed E-state index contributed by atoms with van der Waals surface area (Å²) in [5.74, 6) is 0.179. The molecule has 0 unspecified atom stereocenters. The van der Waals surface area contributed by atoms with E-state index in [-0.39, 0.29) is 22.7 Å². The summed E-state index contributed by atoms with van der Waals surface area (Å²) in [6.45, 7) is 0. The molecular weight excluding hydrogens is 442 g/mol. The van der Waals surface area contributed by atoms with Crippen molar-refractivity contribution in [2.45, 2.75) is 0 Å². The van der Waals surface area contributed by atoms with E-state index in [0.717, 1.165) is 15.7 Å². The van der Waals surface area contributed by atoms with Crippen LogP contribution in [0.1, 0.15) is 5.56 Å². The summed E-state index contributed by atoms with van der Waals surface area (Å²) < 4.78 is 0.882. The number of rotatable bonds is 4. The minimum Gasteiger partial charge on any atom is -0.507 e. The van der Waals surface area contributed by atoms with E-state index in [1.165, 1.54) is 11.3 Å². The van der Waals surface area contributed by atoms with E-state index in [9.17, 15) is 5.11 Å². The van der Waals surface area contributed by atoms with Crippen LogP contribution in [-0.2, 0) is 0 Å². The molecule has 118 valence electrons. The molecule has 0 saturated carbocycles. The van der Waals surface area contributed by atoms with Crippen molar-refractivity contribution < 1.29 is 5.11 Å². The molecule has 1 aromatic heterocycles. The van der Waals surface area contributed by atoms with Gasteiger partial charge in [-0.15, -0.1) is 28.3 Å². The van der Waals surface area contributed by atoms with E-state index in [1.807, 2.05) is 35.7 Å². The molecule has 23 heavy (non-hydrogen) atoms. The molecule has 0 aliphatic heterocycles. The van der Waals surface area contributed by atoms with Gasteiger partial charge in [0, 0.05) is 21.0 Å². The summed E-state index contributed by atoms with van der Waals surface area (Å²) in [7, 11) is 0. The van der Waals surface area contributed by atoms with Gasteiger partial charge in [0.05, 0.1) is 11.9 Å². The fourth-order valence-corrected chi connectivity index (χ4v) is 2.90. The van der Waals surface area contributed by atoms with Gasteiger partial charge in [0.1, 0.15) is 5.75 Å². The molecule has 0 aliphatic rings. The molecule has 0 spiro atoms. The van der Waals surface area contributed by atoms with Crippen LogP contribution in [0.2, 0.25) is 0 Å². The van der Waals surface area contributed by atoms with E-state index < -0.39 is 0 Å². The smallest absolute Gasteiger partial charge is 0.203 e. The third kappa shape index (κ3) is 4.63. The molecule has 0 aliphatic carbocycles. The third-order valence-corrected chi connectivity index (χ3v) is 4.17. The van der Waals surface area contributed by atoms with Crippen molar-refractivity contribution in [3.63, 3.8) is 0 Å². The van der Waals surface area contributed by atoms with Gasteiger partial charge in [-0.05, 0) is 18.2 Å². The van der Waals surface area contributed by atoms with Crippen LogP contribution in [0.3, 0.4) is 0 Å². The van der Waals surface area contributed by atoms with Crippen molar-refractivity contribution in [1.29, 1.82) is 0 Å². The fourth-order valence-electron chi connectivity index (χ4n) is 1.85. The Balaban J connectivity index is 0.00000192. The highest BCUT2D eigenvalue weighted by atomic mass is 79.9. The molecule has 4 nitrogen and oxygen atoms in total. The first kappa shape index (κ1) is 17.7. The summed E-state index contributed by atoms with van der Waals surface area (Å²) in [6, 6.07) is 15.1. The molecule has 3 aromatic rings. The molecule has 2 N–H and O–H groups in total. The molecule has 0 atom stereocenters. The third-order valence-electron chi connectivity index (χ3n) is 2.93. The Labute approximate surface area is 156 Å². The van der Waals surface area contributed by atoms with Crippen molar-refractivity contribution in [3.05, 3.63) is 63.9 Å². The van der Waals surface area contributed by atoms with Crippen LogP contribution in [-0.4, -0.2) is 16.3 Å². The van der Waals surface area contributed by atoms with Gasteiger partial charge in [-0.2, -0.15) is 5.10 Å². The Kier molecular flexibility index (Phi) is 6.32. The van der Waals surface area contributed by atoms with Crippen LogP contribution in [0.4, 0.5) is 5.13 Å². The highest BCUT2D eigenvalue weighted by molar-refractivity contribution is 9.10. The first-order chi connectivity index (χ1) is 10.7. The van der Waals surface area contributed by atoms with Gasteiger partial charge < -0.3 is 5.11 Å². The maximum atomic E-state index is 9.73. The maximum absolute atomic E-state index is 9.73. The summed E-state index contributed by atoms with van der Waals surface area (Å²) in [5, 5.41) is 16.5. The number of phenolic OH excluding ortho intramolecular Hbond substituents is 1. The second-order valence-corrected chi connectivity index (χ2v) is 6.25. The summed E-state index contributed by atoms with van der Waals surface area (Å²) in [5.41, 5.74) is 5.49. The quantitative estimate of drug-likeness (QED) is 0.415. The van der Waals surface area contributed by atoms with E-state index in [1.54, 1.807) is 24.4 Å². The Morgan fingerprint density at radius 2 is 1.96 bits per heavy atom.